The molecule has 26 heavy (non-hydrogen) atoms. The van der Waals surface area contributed by atoms with Crippen molar-refractivity contribution in [3.05, 3.63) is 35.9 Å². The van der Waals surface area contributed by atoms with Gasteiger partial charge in [-0.2, -0.15) is 0 Å². The lowest BCUT2D eigenvalue weighted by Gasteiger charge is -2.30. The van der Waals surface area contributed by atoms with Crippen molar-refractivity contribution in [1.29, 1.82) is 0 Å². The van der Waals surface area contributed by atoms with Gasteiger partial charge in [-0.1, -0.05) is 44.2 Å². The molecule has 2 rings (SSSR count). The second kappa shape index (κ2) is 10.1. The van der Waals surface area contributed by atoms with E-state index in [2.05, 4.69) is 63.6 Å². The number of hydrogen-bond donors (Lipinski definition) is 3. The largest absolute Gasteiger partial charge is 0.355 e. The molecule has 0 aromatic heterocycles. The predicted molar refractivity (Wildman–Crippen MR) is 108 cm³/mol. The van der Waals surface area contributed by atoms with Gasteiger partial charge in [0.1, 0.15) is 0 Å². The molecule has 0 radical (unpaired) electrons. The monoisotopic (exact) mass is 361 g/mol. The first kappa shape index (κ1) is 20.9. The number of hydrogen-bond acceptors (Lipinski definition) is 1. The van der Waals surface area contributed by atoms with Crippen LogP contribution in [0.4, 0.5) is 0 Å². The molecule has 0 unspecified atom stereocenters. The van der Waals surface area contributed by atoms with Gasteiger partial charge in [0.2, 0.25) is 5.91 Å². The van der Waals surface area contributed by atoms with Gasteiger partial charge in [0.15, 0.2) is 0 Å². The minimum absolute atomic E-state index is 0.151. The van der Waals surface area contributed by atoms with Crippen LogP contribution < -0.4 is 15.1 Å². The van der Waals surface area contributed by atoms with Gasteiger partial charge in [0.05, 0.1) is 40.3 Å². The van der Waals surface area contributed by atoms with E-state index in [4.69, 9.17) is 0 Å². The average molecular weight is 362 g/mol. The minimum Gasteiger partial charge on any atom is -0.355 e. The van der Waals surface area contributed by atoms with Crippen LogP contribution in [0.5, 0.6) is 0 Å². The van der Waals surface area contributed by atoms with E-state index in [0.717, 1.165) is 45.4 Å². The Morgan fingerprint density at radius 1 is 1.19 bits per heavy atom. The maximum absolute atomic E-state index is 12.5. The van der Waals surface area contributed by atoms with Crippen molar-refractivity contribution in [2.24, 2.45) is 11.3 Å². The molecule has 0 aliphatic carbocycles. The lowest BCUT2D eigenvalue weighted by molar-refractivity contribution is -0.906. The summed E-state index contributed by atoms with van der Waals surface area (Å²) >= 11 is 0. The fourth-order valence-corrected chi connectivity index (χ4v) is 4.22. The van der Waals surface area contributed by atoms with E-state index in [-0.39, 0.29) is 17.2 Å². The Hall–Kier alpha value is -1.39. The quantitative estimate of drug-likeness (QED) is 0.578. The summed E-state index contributed by atoms with van der Waals surface area (Å²) in [5.74, 6) is 0.491. The van der Waals surface area contributed by atoms with Gasteiger partial charge >= 0.3 is 0 Å². The second-order valence-electron chi connectivity index (χ2n) is 9.13. The van der Waals surface area contributed by atoms with Crippen molar-refractivity contribution in [1.82, 2.24) is 5.32 Å². The van der Waals surface area contributed by atoms with Crippen LogP contribution in [0, 0.1) is 11.3 Å². The molecule has 1 saturated heterocycles. The van der Waals surface area contributed by atoms with Crippen molar-refractivity contribution in [3.63, 3.8) is 0 Å². The molecule has 0 bridgehead atoms. The van der Waals surface area contributed by atoms with Crippen LogP contribution in [0.1, 0.15) is 38.7 Å². The average Bonchev–Trinajstić information content (AvgIpc) is 2.60. The summed E-state index contributed by atoms with van der Waals surface area (Å²) in [6, 6.07) is 10.7. The summed E-state index contributed by atoms with van der Waals surface area (Å²) in [5.41, 5.74) is 1.58. The first-order chi connectivity index (χ1) is 12.4. The van der Waals surface area contributed by atoms with Gasteiger partial charge in [0.25, 0.3) is 0 Å². The molecule has 0 spiro atoms. The number of carbonyl (C=O) groups excluding carboxylic acids is 1. The minimum atomic E-state index is 0.151. The third-order valence-electron chi connectivity index (χ3n) is 5.48. The van der Waals surface area contributed by atoms with Crippen molar-refractivity contribution in [2.45, 2.75) is 39.5 Å². The number of benzene rings is 1. The summed E-state index contributed by atoms with van der Waals surface area (Å²) in [5, 5.41) is 3.22. The van der Waals surface area contributed by atoms with Crippen LogP contribution in [-0.4, -0.2) is 52.7 Å². The predicted octanol–water partition coefficient (Wildman–Crippen LogP) is 0.201. The highest BCUT2D eigenvalue weighted by Crippen LogP contribution is 2.13. The highest BCUT2D eigenvalue weighted by molar-refractivity contribution is 5.78. The molecule has 146 valence electrons. The van der Waals surface area contributed by atoms with E-state index in [1.165, 1.54) is 23.4 Å². The molecular formula is C22H39N3O+2. The van der Waals surface area contributed by atoms with Crippen molar-refractivity contribution < 1.29 is 14.6 Å². The molecule has 1 aliphatic rings. The summed E-state index contributed by atoms with van der Waals surface area (Å²) in [7, 11) is 4.33. The summed E-state index contributed by atoms with van der Waals surface area (Å²) in [6.07, 6.45) is 4.46. The van der Waals surface area contributed by atoms with Crippen molar-refractivity contribution >= 4 is 5.91 Å². The number of quaternary nitrogens is 2. The third-order valence-corrected chi connectivity index (χ3v) is 5.48. The molecule has 4 heteroatoms. The smallest absolute Gasteiger partial charge is 0.223 e. The number of aryl methyl sites for hydroxylation is 1. The van der Waals surface area contributed by atoms with Gasteiger partial charge in [0, 0.05) is 37.1 Å². The van der Waals surface area contributed by atoms with E-state index < -0.39 is 0 Å². The van der Waals surface area contributed by atoms with Gasteiger partial charge in [-0.3, -0.25) is 4.79 Å². The van der Waals surface area contributed by atoms with Crippen LogP contribution in [0.3, 0.4) is 0 Å². The fourth-order valence-electron chi connectivity index (χ4n) is 4.22. The lowest BCUT2D eigenvalue weighted by Crippen LogP contribution is -3.13. The summed E-state index contributed by atoms with van der Waals surface area (Å²) < 4.78 is 0. The molecule has 1 aromatic rings. The maximum Gasteiger partial charge on any atom is 0.223 e. The topological polar surface area (TPSA) is 38.0 Å². The Labute approximate surface area is 159 Å². The molecule has 0 saturated carbocycles. The van der Waals surface area contributed by atoms with E-state index in [0.29, 0.717) is 0 Å². The van der Waals surface area contributed by atoms with E-state index >= 15 is 0 Å². The van der Waals surface area contributed by atoms with Crippen LogP contribution in [-0.2, 0) is 11.2 Å². The first-order valence-corrected chi connectivity index (χ1v) is 10.3. The van der Waals surface area contributed by atoms with Gasteiger partial charge < -0.3 is 15.1 Å². The molecule has 1 aliphatic heterocycles. The summed E-state index contributed by atoms with van der Waals surface area (Å²) in [6.45, 7) is 9.82. The molecule has 1 amide bonds. The molecule has 1 heterocycles. The van der Waals surface area contributed by atoms with E-state index in [1.54, 1.807) is 4.90 Å². The highest BCUT2D eigenvalue weighted by atomic mass is 16.1. The van der Waals surface area contributed by atoms with E-state index in [1.807, 2.05) is 0 Å². The number of amides is 1. The van der Waals surface area contributed by atoms with Crippen molar-refractivity contribution in [3.8, 4) is 0 Å². The first-order valence-electron chi connectivity index (χ1n) is 10.3. The highest BCUT2D eigenvalue weighted by Gasteiger charge is 2.29. The lowest BCUT2D eigenvalue weighted by atomic mass is 9.91. The second-order valence-corrected chi connectivity index (χ2v) is 9.13. The zero-order chi connectivity index (χ0) is 19.0. The molecular weight excluding hydrogens is 322 g/mol. The van der Waals surface area contributed by atoms with Crippen molar-refractivity contribution in [2.75, 3.05) is 46.8 Å². The zero-order valence-electron chi connectivity index (χ0n) is 17.2. The van der Waals surface area contributed by atoms with Gasteiger partial charge in [-0.05, 0) is 12.0 Å². The Morgan fingerprint density at radius 3 is 2.46 bits per heavy atom. The standard InChI is InChI=1S/C22H37N3O/c1-22(2,18-24(3)4)17-23-21(26)20-12-15-25(16-13-20)14-8-11-19-9-6-5-7-10-19/h5-7,9-10,20H,8,11-18H2,1-4H3,(H,23,26)/p+2. The van der Waals surface area contributed by atoms with Crippen LogP contribution in [0.25, 0.3) is 0 Å². The Balaban J connectivity index is 1.63. The van der Waals surface area contributed by atoms with Gasteiger partial charge in [-0.15, -0.1) is 0 Å². The SMILES string of the molecule is C[NH+](C)CC(C)(C)CNC(=O)C1CC[NH+](CCCc2ccccc2)CC1. The maximum atomic E-state index is 12.5. The summed E-state index contributed by atoms with van der Waals surface area (Å²) in [4.78, 5) is 15.6. The molecule has 0 atom stereocenters. The van der Waals surface area contributed by atoms with E-state index in [9.17, 15) is 4.79 Å². The number of piperidine rings is 1. The number of likely N-dealkylation sites (tertiary alicyclic amines) is 1. The molecule has 1 fully saturated rings. The molecule has 1 aromatic carbocycles. The van der Waals surface area contributed by atoms with Gasteiger partial charge in [-0.25, -0.2) is 0 Å². The Morgan fingerprint density at radius 2 is 1.85 bits per heavy atom. The fraction of sp³-hybridized carbons (Fsp3) is 0.682. The third kappa shape index (κ3) is 7.46. The number of carbonyl (C=O) groups is 1. The Kier molecular flexibility index (Phi) is 8.11. The molecule has 4 nitrogen and oxygen atoms in total. The normalized spacial score (nSPS) is 21.0. The number of nitrogens with one attached hydrogen (secondary N) is 3. The van der Waals surface area contributed by atoms with Crippen LogP contribution in [0.15, 0.2) is 30.3 Å². The zero-order valence-corrected chi connectivity index (χ0v) is 17.2. The van der Waals surface area contributed by atoms with Crippen LogP contribution >= 0.6 is 0 Å². The molecule has 3 N–H and O–H groups in total. The Bertz CT molecular complexity index is 534. The van der Waals surface area contributed by atoms with Crippen LogP contribution in [0.2, 0.25) is 0 Å². The number of rotatable bonds is 9.